The number of rotatable bonds is 3. The van der Waals surface area contributed by atoms with Crippen LogP contribution in [0, 0.1) is 0 Å². The average molecular weight is 425 g/mol. The van der Waals surface area contributed by atoms with Crippen LogP contribution in [-0.2, 0) is 5.54 Å². The molecule has 0 aliphatic carbocycles. The van der Waals surface area contributed by atoms with Crippen molar-refractivity contribution in [2.75, 3.05) is 64.3 Å². The van der Waals surface area contributed by atoms with Crippen LogP contribution in [-0.4, -0.2) is 95.3 Å². The van der Waals surface area contributed by atoms with Gasteiger partial charge in [0.05, 0.1) is 16.7 Å². The summed E-state index contributed by atoms with van der Waals surface area (Å²) in [5.74, 6) is 0. The Morgan fingerprint density at radius 2 is 1.68 bits per heavy atom. The Morgan fingerprint density at radius 1 is 0.968 bits per heavy atom. The molecule has 0 saturated carbocycles. The molecule has 3 fully saturated rings. The summed E-state index contributed by atoms with van der Waals surface area (Å²) in [6, 6.07) is 6.61. The maximum atomic E-state index is 11.5. The summed E-state index contributed by atoms with van der Waals surface area (Å²) in [7, 11) is 2.17. The van der Waals surface area contributed by atoms with Crippen LogP contribution < -0.4 is 4.90 Å². The van der Waals surface area contributed by atoms with Crippen molar-refractivity contribution in [3.63, 3.8) is 0 Å². The Balaban J connectivity index is 1.51. The van der Waals surface area contributed by atoms with E-state index in [1.165, 1.54) is 18.5 Å². The molecule has 1 aromatic carbocycles. The minimum Gasteiger partial charge on any atom is -0.465 e. The van der Waals surface area contributed by atoms with Crippen molar-refractivity contribution in [2.45, 2.75) is 31.2 Å². The molecular formula is C23H32N6O2. The molecule has 31 heavy (non-hydrogen) atoms. The predicted octanol–water partition coefficient (Wildman–Crippen LogP) is 2.45. The normalized spacial score (nSPS) is 22.9. The Hall–Kier alpha value is -2.45. The first-order valence-corrected chi connectivity index (χ1v) is 11.5. The van der Waals surface area contributed by atoms with E-state index in [0.717, 1.165) is 68.7 Å². The van der Waals surface area contributed by atoms with E-state index in [9.17, 15) is 9.90 Å². The van der Waals surface area contributed by atoms with Crippen molar-refractivity contribution in [2.24, 2.45) is 0 Å². The predicted molar refractivity (Wildman–Crippen MR) is 121 cm³/mol. The Morgan fingerprint density at radius 3 is 2.35 bits per heavy atom. The van der Waals surface area contributed by atoms with Crippen LogP contribution >= 0.6 is 0 Å². The highest BCUT2D eigenvalue weighted by atomic mass is 16.4. The zero-order valence-corrected chi connectivity index (χ0v) is 18.3. The van der Waals surface area contributed by atoms with Gasteiger partial charge in [-0.15, -0.1) is 0 Å². The second-order valence-electron chi connectivity index (χ2n) is 9.21. The first-order chi connectivity index (χ1) is 15.1. The minimum absolute atomic E-state index is 0.209. The van der Waals surface area contributed by atoms with E-state index < -0.39 is 6.09 Å². The number of nitrogens with zero attached hydrogens (tertiary/aromatic N) is 6. The molecule has 4 heterocycles. The topological polar surface area (TPSA) is 76.0 Å². The zero-order chi connectivity index (χ0) is 21.4. The van der Waals surface area contributed by atoms with Crippen LogP contribution in [0.5, 0.6) is 0 Å². The third kappa shape index (κ3) is 3.72. The van der Waals surface area contributed by atoms with E-state index in [1.807, 2.05) is 0 Å². The van der Waals surface area contributed by atoms with E-state index in [2.05, 4.69) is 44.9 Å². The monoisotopic (exact) mass is 424 g/mol. The first-order valence-electron chi connectivity index (χ1n) is 11.5. The van der Waals surface area contributed by atoms with Crippen LogP contribution in [0.4, 0.5) is 10.5 Å². The van der Waals surface area contributed by atoms with Crippen molar-refractivity contribution in [3.05, 3.63) is 30.2 Å². The van der Waals surface area contributed by atoms with E-state index in [1.54, 1.807) is 11.2 Å². The number of hydrogen-bond acceptors (Lipinski definition) is 6. The summed E-state index contributed by atoms with van der Waals surface area (Å²) in [6.45, 7) is 7.42. The van der Waals surface area contributed by atoms with Gasteiger partial charge in [0.15, 0.2) is 0 Å². The molecule has 5 rings (SSSR count). The molecule has 3 aliphatic rings. The number of piperidine rings is 1. The number of aromatic nitrogens is 2. The van der Waals surface area contributed by atoms with Gasteiger partial charge in [-0.1, -0.05) is 0 Å². The lowest BCUT2D eigenvalue weighted by atomic mass is 9.81. The van der Waals surface area contributed by atoms with Crippen molar-refractivity contribution < 1.29 is 9.90 Å². The highest BCUT2D eigenvalue weighted by Gasteiger charge is 2.45. The molecule has 3 saturated heterocycles. The Labute approximate surface area is 183 Å². The van der Waals surface area contributed by atoms with Crippen molar-refractivity contribution >= 4 is 22.7 Å². The smallest absolute Gasteiger partial charge is 0.407 e. The van der Waals surface area contributed by atoms with Crippen LogP contribution in [0.1, 0.15) is 31.4 Å². The van der Waals surface area contributed by atoms with Gasteiger partial charge in [0.25, 0.3) is 0 Å². The number of fused-ring (bicyclic) bond motifs is 1. The zero-order valence-electron chi connectivity index (χ0n) is 18.3. The summed E-state index contributed by atoms with van der Waals surface area (Å²) in [4.78, 5) is 29.9. The van der Waals surface area contributed by atoms with Crippen molar-refractivity contribution in [1.29, 1.82) is 0 Å². The molecule has 8 nitrogen and oxygen atoms in total. The number of carboxylic acid groups (broad SMARTS) is 1. The number of carbonyl (C=O) groups is 1. The maximum Gasteiger partial charge on any atom is 0.407 e. The maximum absolute atomic E-state index is 11.5. The lowest BCUT2D eigenvalue weighted by Gasteiger charge is -2.47. The lowest BCUT2D eigenvalue weighted by molar-refractivity contribution is 0.0338. The molecule has 0 bridgehead atoms. The van der Waals surface area contributed by atoms with Crippen LogP contribution in [0.15, 0.2) is 24.5 Å². The van der Waals surface area contributed by atoms with Crippen molar-refractivity contribution in [1.82, 2.24) is 24.7 Å². The quantitative estimate of drug-likeness (QED) is 0.811. The molecule has 0 atom stereocenters. The Kier molecular flexibility index (Phi) is 5.44. The van der Waals surface area contributed by atoms with Gasteiger partial charge in [0.2, 0.25) is 0 Å². The summed E-state index contributed by atoms with van der Waals surface area (Å²) in [5, 5.41) is 10.6. The third-order valence-corrected chi connectivity index (χ3v) is 7.50. The molecule has 0 spiro atoms. The minimum atomic E-state index is -0.820. The molecule has 1 N–H and O–H groups in total. The van der Waals surface area contributed by atoms with Gasteiger partial charge < -0.3 is 19.8 Å². The highest BCUT2D eigenvalue weighted by molar-refractivity contribution is 5.85. The van der Waals surface area contributed by atoms with Crippen LogP contribution in [0.2, 0.25) is 0 Å². The molecule has 2 aromatic rings. The Bertz CT molecular complexity index is 944. The number of benzene rings is 1. The number of amides is 1. The van der Waals surface area contributed by atoms with Crippen molar-refractivity contribution in [3.8, 4) is 0 Å². The standard InChI is InChI=1S/C23H32N6O2/c1-26-12-14-27(15-13-26)18-4-5-19-20(16-18)24-17-25-21(19)23(29-8-2-3-9-29)6-10-28(11-7-23)22(30)31/h4-5,16-17H,2-3,6-15H2,1H3,(H,30,31). The largest absolute Gasteiger partial charge is 0.465 e. The summed E-state index contributed by atoms with van der Waals surface area (Å²) in [5.41, 5.74) is 3.08. The molecule has 0 unspecified atom stereocenters. The van der Waals surface area contributed by atoms with Gasteiger partial charge >= 0.3 is 6.09 Å². The SMILES string of the molecule is CN1CCN(c2ccc3c(C4(N5CCCC5)CCN(C(=O)O)CC4)ncnc3c2)CC1. The fraction of sp³-hybridized carbons (Fsp3) is 0.609. The number of piperazine rings is 1. The fourth-order valence-corrected chi connectivity index (χ4v) is 5.59. The van der Waals surface area contributed by atoms with Gasteiger partial charge in [0.1, 0.15) is 6.33 Å². The van der Waals surface area contributed by atoms with Crippen LogP contribution in [0.25, 0.3) is 10.9 Å². The molecule has 3 aliphatic heterocycles. The van der Waals surface area contributed by atoms with E-state index in [4.69, 9.17) is 4.98 Å². The van der Waals surface area contributed by atoms with Gasteiger partial charge in [-0.25, -0.2) is 14.8 Å². The number of hydrogen-bond donors (Lipinski definition) is 1. The lowest BCUT2D eigenvalue weighted by Crippen LogP contribution is -2.53. The molecule has 1 amide bonds. The van der Waals surface area contributed by atoms with Gasteiger partial charge in [-0.2, -0.15) is 0 Å². The second-order valence-corrected chi connectivity index (χ2v) is 9.21. The summed E-state index contributed by atoms with van der Waals surface area (Å²) >= 11 is 0. The molecule has 166 valence electrons. The molecule has 1 aromatic heterocycles. The molecule has 8 heteroatoms. The molecule has 0 radical (unpaired) electrons. The highest BCUT2D eigenvalue weighted by Crippen LogP contribution is 2.42. The van der Waals surface area contributed by atoms with Gasteiger partial charge in [0, 0.05) is 50.3 Å². The third-order valence-electron chi connectivity index (χ3n) is 7.50. The van der Waals surface area contributed by atoms with Crippen LogP contribution in [0.3, 0.4) is 0 Å². The number of anilines is 1. The van der Waals surface area contributed by atoms with E-state index in [0.29, 0.717) is 13.1 Å². The van der Waals surface area contributed by atoms with E-state index >= 15 is 0 Å². The summed E-state index contributed by atoms with van der Waals surface area (Å²) < 4.78 is 0. The number of likely N-dealkylation sites (tertiary alicyclic amines) is 2. The van der Waals surface area contributed by atoms with Gasteiger partial charge in [-0.05, 0) is 64.0 Å². The summed E-state index contributed by atoms with van der Waals surface area (Å²) in [6.07, 6.45) is 4.84. The fourth-order valence-electron chi connectivity index (χ4n) is 5.59. The second kappa shape index (κ2) is 8.24. The number of likely N-dealkylation sites (N-methyl/N-ethyl adjacent to an activating group) is 1. The van der Waals surface area contributed by atoms with Gasteiger partial charge in [-0.3, -0.25) is 4.90 Å². The molecular weight excluding hydrogens is 392 g/mol. The van der Waals surface area contributed by atoms with E-state index in [-0.39, 0.29) is 5.54 Å². The average Bonchev–Trinajstić information content (AvgIpc) is 3.34. The first kappa shape index (κ1) is 20.5.